The Bertz CT molecular complexity index is 990. The summed E-state index contributed by atoms with van der Waals surface area (Å²) in [5, 5.41) is 16.0. The molecule has 184 valence electrons. The van der Waals surface area contributed by atoms with Crippen LogP contribution in [0.25, 0.3) is 0 Å². The maximum absolute atomic E-state index is 13.9. The van der Waals surface area contributed by atoms with E-state index in [1.54, 1.807) is 23.5 Å². The van der Waals surface area contributed by atoms with Gasteiger partial charge in [0.05, 0.1) is 5.92 Å². The van der Waals surface area contributed by atoms with Gasteiger partial charge in [0.15, 0.2) is 0 Å². The van der Waals surface area contributed by atoms with Crippen molar-refractivity contribution >= 4 is 17.7 Å². The molecule has 9 heteroatoms. The number of amides is 1. The highest BCUT2D eigenvalue weighted by molar-refractivity contribution is 5.98. The zero-order chi connectivity index (χ0) is 24.9. The Hall–Kier alpha value is -3.07. The number of carboxylic acids is 1. The van der Waals surface area contributed by atoms with Crippen LogP contribution in [0, 0.1) is 11.8 Å². The molecule has 3 N–H and O–H groups in total. The summed E-state index contributed by atoms with van der Waals surface area (Å²) in [7, 11) is 0. The van der Waals surface area contributed by atoms with Gasteiger partial charge in [0.2, 0.25) is 0 Å². The first-order valence-electron chi connectivity index (χ1n) is 11.8. The van der Waals surface area contributed by atoms with Gasteiger partial charge in [-0.15, -0.1) is 0 Å². The topological polar surface area (TPSA) is 120 Å². The van der Waals surface area contributed by atoms with E-state index in [1.807, 2.05) is 46.8 Å². The van der Waals surface area contributed by atoms with Gasteiger partial charge >= 0.3 is 5.97 Å². The lowest BCUT2D eigenvalue weighted by molar-refractivity contribution is -0.142. The molecule has 1 aliphatic heterocycles. The van der Waals surface area contributed by atoms with Crippen molar-refractivity contribution in [1.29, 1.82) is 0 Å². The van der Waals surface area contributed by atoms with E-state index in [9.17, 15) is 14.7 Å². The predicted octanol–water partition coefficient (Wildman–Crippen LogP) is 2.94. The van der Waals surface area contributed by atoms with Crippen molar-refractivity contribution in [1.82, 2.24) is 25.2 Å². The molecule has 1 amide bonds. The van der Waals surface area contributed by atoms with Gasteiger partial charge in [-0.2, -0.15) is 0 Å². The molecule has 2 unspecified atom stereocenters. The van der Waals surface area contributed by atoms with Crippen molar-refractivity contribution in [2.75, 3.05) is 25.0 Å². The summed E-state index contributed by atoms with van der Waals surface area (Å²) in [4.78, 5) is 40.7. The highest BCUT2D eigenvalue weighted by Gasteiger charge is 2.34. The summed E-state index contributed by atoms with van der Waals surface area (Å²) >= 11 is 0. The second kappa shape index (κ2) is 10.9. The molecule has 2 atom stereocenters. The highest BCUT2D eigenvalue weighted by atomic mass is 16.4. The average molecular weight is 469 g/mol. The molecule has 9 nitrogen and oxygen atoms in total. The quantitative estimate of drug-likeness (QED) is 0.541. The number of hydrogen-bond acceptors (Lipinski definition) is 7. The van der Waals surface area contributed by atoms with E-state index in [2.05, 4.69) is 20.6 Å². The minimum absolute atomic E-state index is 0.194. The molecule has 2 aromatic rings. The van der Waals surface area contributed by atoms with E-state index < -0.39 is 11.9 Å². The first kappa shape index (κ1) is 25.6. The van der Waals surface area contributed by atoms with Crippen LogP contribution in [0.4, 0.5) is 5.82 Å². The molecule has 0 radical (unpaired) electrons. The monoisotopic (exact) mass is 468 g/mol. The number of carboxylic acid groups (broad SMARTS) is 1. The first-order chi connectivity index (χ1) is 16.1. The molecule has 1 saturated heterocycles. The van der Waals surface area contributed by atoms with Crippen LogP contribution >= 0.6 is 0 Å². The fraction of sp³-hybridized carbons (Fsp3) is 0.560. The minimum atomic E-state index is -0.842. The van der Waals surface area contributed by atoms with E-state index in [0.717, 1.165) is 5.56 Å². The Morgan fingerprint density at radius 1 is 1.26 bits per heavy atom. The largest absolute Gasteiger partial charge is 0.481 e. The van der Waals surface area contributed by atoms with E-state index >= 15 is 0 Å². The standard InChI is InChI=1S/C25H36N6O3/c1-16(2)15-31(19-9-18(23(33)34)12-27-13-19)22(32)20-14-29-24(25(3,4)5)30-21(20)28-11-17-7-6-8-26-10-17/h6-8,10,14,16,18-19,27H,9,11-13,15H2,1-5H3,(H,33,34)(H,28,29,30). The SMILES string of the molecule is CC(C)CN(C(=O)c1cnc(C(C)(C)C)nc1NCc1cccnc1)C1CNCC(C(=O)O)C1. The molecule has 1 aliphatic rings. The molecule has 0 aliphatic carbocycles. The van der Waals surface area contributed by atoms with Crippen LogP contribution in [0.3, 0.4) is 0 Å². The lowest BCUT2D eigenvalue weighted by atomic mass is 9.93. The van der Waals surface area contributed by atoms with Gasteiger partial charge in [-0.1, -0.05) is 40.7 Å². The Morgan fingerprint density at radius 2 is 2.03 bits per heavy atom. The maximum atomic E-state index is 13.9. The summed E-state index contributed by atoms with van der Waals surface area (Å²) < 4.78 is 0. The summed E-state index contributed by atoms with van der Waals surface area (Å²) in [6.45, 7) is 12.1. The zero-order valence-corrected chi connectivity index (χ0v) is 20.7. The third kappa shape index (κ3) is 6.50. The normalized spacial score (nSPS) is 18.5. The van der Waals surface area contributed by atoms with Crippen LogP contribution < -0.4 is 10.6 Å². The number of carbonyl (C=O) groups is 2. The number of carbonyl (C=O) groups excluding carboxylic acids is 1. The van der Waals surface area contributed by atoms with Crippen LogP contribution in [0.5, 0.6) is 0 Å². The van der Waals surface area contributed by atoms with Gasteiger partial charge in [-0.25, -0.2) is 9.97 Å². The van der Waals surface area contributed by atoms with Crippen LogP contribution in [-0.4, -0.2) is 62.5 Å². The van der Waals surface area contributed by atoms with Crippen molar-refractivity contribution < 1.29 is 14.7 Å². The summed E-state index contributed by atoms with van der Waals surface area (Å²) in [5.41, 5.74) is 1.07. The van der Waals surface area contributed by atoms with Gasteiger partial charge < -0.3 is 20.6 Å². The Kier molecular flexibility index (Phi) is 8.19. The van der Waals surface area contributed by atoms with Crippen molar-refractivity contribution in [2.45, 2.75) is 59.0 Å². The molecule has 0 aromatic carbocycles. The predicted molar refractivity (Wildman–Crippen MR) is 131 cm³/mol. The minimum Gasteiger partial charge on any atom is -0.481 e. The first-order valence-corrected chi connectivity index (χ1v) is 11.8. The number of nitrogens with zero attached hydrogens (tertiary/aromatic N) is 4. The Morgan fingerprint density at radius 3 is 2.65 bits per heavy atom. The molecule has 0 bridgehead atoms. The third-order valence-electron chi connectivity index (χ3n) is 5.81. The van der Waals surface area contributed by atoms with Crippen LogP contribution in [0.15, 0.2) is 30.7 Å². The molecule has 3 heterocycles. The molecule has 3 rings (SSSR count). The Labute approximate surface area is 201 Å². The fourth-order valence-corrected chi connectivity index (χ4v) is 4.01. The number of hydrogen-bond donors (Lipinski definition) is 3. The number of nitrogens with one attached hydrogen (secondary N) is 2. The number of aromatic nitrogens is 3. The highest BCUT2D eigenvalue weighted by Crippen LogP contribution is 2.25. The smallest absolute Gasteiger partial charge is 0.307 e. The van der Waals surface area contributed by atoms with Crippen molar-refractivity contribution in [3.63, 3.8) is 0 Å². The van der Waals surface area contributed by atoms with Gasteiger partial charge in [-0.05, 0) is 24.0 Å². The van der Waals surface area contributed by atoms with E-state index in [4.69, 9.17) is 4.98 Å². The molecule has 0 spiro atoms. The molecular weight excluding hydrogens is 432 g/mol. The molecule has 2 aromatic heterocycles. The van der Waals surface area contributed by atoms with Gasteiger partial charge in [0, 0.05) is 56.2 Å². The van der Waals surface area contributed by atoms with Crippen LogP contribution in [-0.2, 0) is 16.8 Å². The maximum Gasteiger partial charge on any atom is 0.307 e. The zero-order valence-electron chi connectivity index (χ0n) is 20.7. The van der Waals surface area contributed by atoms with Gasteiger partial charge in [0.25, 0.3) is 5.91 Å². The van der Waals surface area contributed by atoms with E-state index in [0.29, 0.717) is 49.8 Å². The average Bonchev–Trinajstić information content (AvgIpc) is 2.80. The molecular formula is C25H36N6O3. The number of anilines is 1. The summed E-state index contributed by atoms with van der Waals surface area (Å²) in [6.07, 6.45) is 5.50. The van der Waals surface area contributed by atoms with Gasteiger partial charge in [-0.3, -0.25) is 14.6 Å². The number of piperidine rings is 1. The van der Waals surface area contributed by atoms with Crippen molar-refractivity contribution in [3.8, 4) is 0 Å². The summed E-state index contributed by atoms with van der Waals surface area (Å²) in [5.74, 6) is -0.231. The molecule has 1 fully saturated rings. The third-order valence-corrected chi connectivity index (χ3v) is 5.81. The molecule has 34 heavy (non-hydrogen) atoms. The van der Waals surface area contributed by atoms with E-state index in [-0.39, 0.29) is 23.3 Å². The van der Waals surface area contributed by atoms with E-state index in [1.165, 1.54) is 0 Å². The Balaban J connectivity index is 1.94. The van der Waals surface area contributed by atoms with Crippen molar-refractivity contribution in [3.05, 3.63) is 47.7 Å². The number of pyridine rings is 1. The van der Waals surface area contributed by atoms with Crippen LogP contribution in [0.1, 0.15) is 62.8 Å². The fourth-order valence-electron chi connectivity index (χ4n) is 4.01. The lowest BCUT2D eigenvalue weighted by Gasteiger charge is -2.38. The number of rotatable bonds is 8. The second-order valence-electron chi connectivity index (χ2n) is 10.4. The number of aliphatic carboxylic acids is 1. The lowest BCUT2D eigenvalue weighted by Crippen LogP contribution is -2.53. The van der Waals surface area contributed by atoms with Gasteiger partial charge in [0.1, 0.15) is 17.2 Å². The summed E-state index contributed by atoms with van der Waals surface area (Å²) in [6, 6.07) is 3.60. The second-order valence-corrected chi connectivity index (χ2v) is 10.4. The van der Waals surface area contributed by atoms with Crippen LogP contribution in [0.2, 0.25) is 0 Å². The molecule has 0 saturated carbocycles. The van der Waals surface area contributed by atoms with Crippen molar-refractivity contribution in [2.24, 2.45) is 11.8 Å².